The summed E-state index contributed by atoms with van der Waals surface area (Å²) in [7, 11) is 1.24. The van der Waals surface area contributed by atoms with Gasteiger partial charge in [0.2, 0.25) is 0 Å². The maximum Gasteiger partial charge on any atom is 0.312 e. The van der Waals surface area contributed by atoms with Crippen LogP contribution in [0.2, 0.25) is 5.02 Å². The second-order valence-corrected chi connectivity index (χ2v) is 6.62. The number of ether oxygens (including phenoxy) is 1. The maximum atomic E-state index is 14.8. The van der Waals surface area contributed by atoms with E-state index < -0.39 is 29.4 Å². The molecule has 140 valence electrons. The number of aromatic hydroxyl groups is 1. The first-order valence-corrected chi connectivity index (χ1v) is 8.56. The van der Waals surface area contributed by atoms with E-state index in [0.717, 1.165) is 0 Å². The molecule has 0 aliphatic rings. The first-order chi connectivity index (χ1) is 12.8. The molecule has 5 nitrogen and oxygen atoms in total. The number of benzene rings is 2. The van der Waals surface area contributed by atoms with Crippen molar-refractivity contribution < 1.29 is 23.8 Å². The fourth-order valence-corrected chi connectivity index (χ4v) is 3.41. The van der Waals surface area contributed by atoms with E-state index in [1.807, 2.05) is 0 Å². The molecular formula is C20H17ClFNO4. The number of methoxy groups -OCH3 is 1. The Morgan fingerprint density at radius 3 is 2.41 bits per heavy atom. The zero-order chi connectivity index (χ0) is 19.9. The van der Waals surface area contributed by atoms with Crippen LogP contribution in [0.1, 0.15) is 34.5 Å². The third-order valence-electron chi connectivity index (χ3n) is 4.62. The van der Waals surface area contributed by atoms with E-state index in [1.165, 1.54) is 23.8 Å². The van der Waals surface area contributed by atoms with E-state index >= 15 is 0 Å². The average molecular weight is 390 g/mol. The zero-order valence-corrected chi connectivity index (χ0v) is 15.7. The average Bonchev–Trinajstić information content (AvgIpc) is 2.96. The number of nitrogens with zero attached hydrogens (tertiary/aromatic N) is 1. The van der Waals surface area contributed by atoms with Crippen molar-refractivity contribution in [2.75, 3.05) is 7.11 Å². The standard InChI is InChI=1S/C20H17ClFNO4/c1-10(20(26)27-3)16-11(2)23(14-8-9-15(24)18(22)17(14)16)19(25)12-4-6-13(21)7-5-12/h4-10,24H,1-3H3. The minimum absolute atomic E-state index is 0.0210. The largest absolute Gasteiger partial charge is 0.505 e. The van der Waals surface area contributed by atoms with Crippen molar-refractivity contribution in [2.24, 2.45) is 0 Å². The van der Waals surface area contributed by atoms with Gasteiger partial charge in [-0.1, -0.05) is 11.6 Å². The van der Waals surface area contributed by atoms with Gasteiger partial charge in [0.05, 0.1) is 18.5 Å². The second-order valence-electron chi connectivity index (χ2n) is 6.18. The zero-order valence-electron chi connectivity index (χ0n) is 14.9. The van der Waals surface area contributed by atoms with Crippen LogP contribution in [-0.4, -0.2) is 28.7 Å². The molecule has 0 radical (unpaired) electrons. The van der Waals surface area contributed by atoms with Crippen molar-refractivity contribution in [3.63, 3.8) is 0 Å². The summed E-state index contributed by atoms with van der Waals surface area (Å²) in [5, 5.41) is 10.3. The van der Waals surface area contributed by atoms with Gasteiger partial charge in [-0.3, -0.25) is 14.2 Å². The summed E-state index contributed by atoms with van der Waals surface area (Å²) in [6.45, 7) is 3.19. The van der Waals surface area contributed by atoms with Crippen molar-refractivity contribution in [1.82, 2.24) is 4.57 Å². The molecule has 0 saturated heterocycles. The highest BCUT2D eigenvalue weighted by Gasteiger charge is 2.29. The number of carbonyl (C=O) groups excluding carboxylic acids is 2. The number of carbonyl (C=O) groups is 2. The van der Waals surface area contributed by atoms with Crippen molar-refractivity contribution >= 4 is 34.4 Å². The molecule has 0 amide bonds. The summed E-state index contributed by atoms with van der Waals surface area (Å²) < 4.78 is 20.9. The molecule has 1 unspecified atom stereocenters. The molecule has 1 aromatic heterocycles. The molecule has 0 bridgehead atoms. The van der Waals surface area contributed by atoms with E-state index in [4.69, 9.17) is 16.3 Å². The Bertz CT molecular complexity index is 1060. The number of hydrogen-bond donors (Lipinski definition) is 1. The highest BCUT2D eigenvalue weighted by atomic mass is 35.5. The number of hydrogen-bond acceptors (Lipinski definition) is 4. The van der Waals surface area contributed by atoms with Crippen LogP contribution in [0.5, 0.6) is 5.75 Å². The van der Waals surface area contributed by atoms with Gasteiger partial charge in [0, 0.05) is 21.7 Å². The summed E-state index contributed by atoms with van der Waals surface area (Å²) in [6, 6.07) is 8.92. The maximum absolute atomic E-state index is 14.8. The normalized spacial score (nSPS) is 12.2. The van der Waals surface area contributed by atoms with Crippen LogP contribution < -0.4 is 0 Å². The van der Waals surface area contributed by atoms with Gasteiger partial charge in [-0.2, -0.15) is 0 Å². The number of halogens is 2. The van der Waals surface area contributed by atoms with Gasteiger partial charge in [-0.25, -0.2) is 4.39 Å². The number of aromatic nitrogens is 1. The molecule has 1 atom stereocenters. The van der Waals surface area contributed by atoms with E-state index in [2.05, 4.69) is 0 Å². The highest BCUT2D eigenvalue weighted by molar-refractivity contribution is 6.30. The fourth-order valence-electron chi connectivity index (χ4n) is 3.29. The molecule has 0 saturated carbocycles. The smallest absolute Gasteiger partial charge is 0.312 e. The predicted molar refractivity (Wildman–Crippen MR) is 99.9 cm³/mol. The highest BCUT2D eigenvalue weighted by Crippen LogP contribution is 2.37. The number of phenols is 1. The molecule has 3 aromatic rings. The Labute approximate surface area is 159 Å². The van der Waals surface area contributed by atoms with E-state index in [9.17, 15) is 19.1 Å². The molecule has 1 N–H and O–H groups in total. The van der Waals surface area contributed by atoms with Crippen LogP contribution >= 0.6 is 11.6 Å². The summed E-state index contributed by atoms with van der Waals surface area (Å²) in [5.41, 5.74) is 1.30. The third kappa shape index (κ3) is 3.06. The SMILES string of the molecule is COC(=O)C(C)c1c(C)n(C(=O)c2ccc(Cl)cc2)c2ccc(O)c(F)c12. The van der Waals surface area contributed by atoms with Crippen LogP contribution in [0.4, 0.5) is 4.39 Å². The molecule has 0 spiro atoms. The van der Waals surface area contributed by atoms with Gasteiger partial charge >= 0.3 is 5.97 Å². The number of phenolic OH excluding ortho intramolecular Hbond substituents is 1. The lowest BCUT2D eigenvalue weighted by Crippen LogP contribution is -2.15. The summed E-state index contributed by atoms with van der Waals surface area (Å²) in [6.07, 6.45) is 0. The topological polar surface area (TPSA) is 68.5 Å². The van der Waals surface area contributed by atoms with Crippen LogP contribution in [0.3, 0.4) is 0 Å². The predicted octanol–water partition coefficient (Wildman–Crippen LogP) is 4.41. The fraction of sp³-hybridized carbons (Fsp3) is 0.200. The van der Waals surface area contributed by atoms with Gasteiger partial charge in [-0.15, -0.1) is 0 Å². The first-order valence-electron chi connectivity index (χ1n) is 8.18. The molecule has 0 aliphatic carbocycles. The summed E-state index contributed by atoms with van der Waals surface area (Å²) >= 11 is 5.88. The summed E-state index contributed by atoms with van der Waals surface area (Å²) in [5.74, 6) is -3.24. The molecule has 1 heterocycles. The molecule has 3 rings (SSSR count). The minimum atomic E-state index is -0.885. The van der Waals surface area contributed by atoms with E-state index in [0.29, 0.717) is 21.8 Å². The molecule has 2 aromatic carbocycles. The lowest BCUT2D eigenvalue weighted by molar-refractivity contribution is -0.141. The lowest BCUT2D eigenvalue weighted by atomic mass is 9.97. The lowest BCUT2D eigenvalue weighted by Gasteiger charge is -2.11. The van der Waals surface area contributed by atoms with Crippen molar-refractivity contribution in [1.29, 1.82) is 0 Å². The molecule has 7 heteroatoms. The van der Waals surface area contributed by atoms with Gasteiger partial charge < -0.3 is 9.84 Å². The van der Waals surface area contributed by atoms with Crippen molar-refractivity contribution in [3.8, 4) is 5.75 Å². The Hall–Kier alpha value is -2.86. The Balaban J connectivity index is 2.32. The number of esters is 1. The molecular weight excluding hydrogens is 373 g/mol. The van der Waals surface area contributed by atoms with Crippen LogP contribution in [0, 0.1) is 12.7 Å². The Morgan fingerprint density at radius 1 is 1.19 bits per heavy atom. The molecule has 0 fully saturated rings. The van der Waals surface area contributed by atoms with Crippen molar-refractivity contribution in [3.05, 3.63) is 64.1 Å². The van der Waals surface area contributed by atoms with Crippen LogP contribution in [0.25, 0.3) is 10.9 Å². The quantitative estimate of drug-likeness (QED) is 0.673. The first kappa shape index (κ1) is 18.9. The van der Waals surface area contributed by atoms with Crippen molar-refractivity contribution in [2.45, 2.75) is 19.8 Å². The monoisotopic (exact) mass is 389 g/mol. The minimum Gasteiger partial charge on any atom is -0.505 e. The number of fused-ring (bicyclic) bond motifs is 1. The summed E-state index contributed by atoms with van der Waals surface area (Å²) in [4.78, 5) is 25.2. The molecule has 27 heavy (non-hydrogen) atoms. The van der Waals surface area contributed by atoms with Crippen LogP contribution in [-0.2, 0) is 9.53 Å². The van der Waals surface area contributed by atoms with E-state index in [1.54, 1.807) is 38.1 Å². The van der Waals surface area contributed by atoms with Gasteiger partial charge in [0.1, 0.15) is 0 Å². The van der Waals surface area contributed by atoms with Gasteiger partial charge in [0.15, 0.2) is 11.6 Å². The number of rotatable bonds is 3. The van der Waals surface area contributed by atoms with Gasteiger partial charge in [0.25, 0.3) is 5.91 Å². The van der Waals surface area contributed by atoms with E-state index in [-0.39, 0.29) is 10.9 Å². The van der Waals surface area contributed by atoms with Crippen LogP contribution in [0.15, 0.2) is 36.4 Å². The Morgan fingerprint density at radius 2 is 1.81 bits per heavy atom. The third-order valence-corrected chi connectivity index (χ3v) is 4.87. The molecule has 0 aliphatic heterocycles. The second kappa shape index (κ2) is 7.04. The van der Waals surface area contributed by atoms with Gasteiger partial charge in [-0.05, 0) is 55.8 Å². The Kier molecular flexibility index (Phi) is 4.93.